The molecule has 0 bridgehead atoms. The highest BCUT2D eigenvalue weighted by molar-refractivity contribution is 5.84. The van der Waals surface area contributed by atoms with E-state index < -0.39 is 0 Å². The lowest BCUT2D eigenvalue weighted by Crippen LogP contribution is -2.28. The van der Waals surface area contributed by atoms with Gasteiger partial charge in [0.05, 0.1) is 12.1 Å². The Balaban J connectivity index is 0.000000345. The number of fused-ring (bicyclic) bond motifs is 1. The minimum Gasteiger partial charge on any atom is -0.463 e. The van der Waals surface area contributed by atoms with Crippen LogP contribution in [0.15, 0.2) is 24.4 Å². The lowest BCUT2D eigenvalue weighted by Gasteiger charge is -2.09. The normalized spacial score (nSPS) is 16.0. The first kappa shape index (κ1) is 21.8. The number of benzene rings is 1. The standard InChI is InChI=1S/C16H21N3O2.C5H10O2/c1-19(2)6-5-12-9-17-15-4-3-11(8-14(12)15)7-13-10-21-16(20)18-13;1-4(2)7-5(3)6/h3-4,8-9,13,17H,5-7,10H2,1-2H3,(H,18,20);4H,1-3H3/t13-;/m0./s1. The fourth-order valence-electron chi connectivity index (χ4n) is 3.06. The summed E-state index contributed by atoms with van der Waals surface area (Å²) in [5.41, 5.74) is 3.73. The number of nitrogens with one attached hydrogen (secondary N) is 2. The molecule has 0 saturated carbocycles. The number of esters is 1. The van der Waals surface area contributed by atoms with Crippen molar-refractivity contribution in [2.24, 2.45) is 0 Å². The van der Waals surface area contributed by atoms with E-state index >= 15 is 0 Å². The molecule has 2 aromatic rings. The highest BCUT2D eigenvalue weighted by Crippen LogP contribution is 2.21. The van der Waals surface area contributed by atoms with Crippen LogP contribution in [0.25, 0.3) is 10.9 Å². The molecule has 0 aliphatic carbocycles. The maximum atomic E-state index is 11.1. The van der Waals surface area contributed by atoms with E-state index in [0.717, 1.165) is 19.4 Å². The summed E-state index contributed by atoms with van der Waals surface area (Å²) < 4.78 is 9.55. The number of H-pyrrole nitrogens is 1. The number of hydrogen-bond donors (Lipinski definition) is 2. The molecule has 1 aliphatic rings. The molecule has 1 aromatic carbocycles. The second-order valence-corrected chi connectivity index (χ2v) is 7.55. The van der Waals surface area contributed by atoms with Crippen molar-refractivity contribution in [1.29, 1.82) is 0 Å². The SMILES string of the molecule is CC(=O)OC(C)C.CN(C)CCc1c[nH]c2ccc(C[C@H]3COC(=O)N3)cc12. The highest BCUT2D eigenvalue weighted by atomic mass is 16.6. The van der Waals surface area contributed by atoms with Crippen LogP contribution in [0.1, 0.15) is 31.9 Å². The molecule has 0 spiro atoms. The van der Waals surface area contributed by atoms with Crippen molar-refractivity contribution in [3.8, 4) is 0 Å². The lowest BCUT2D eigenvalue weighted by atomic mass is 10.0. The smallest absolute Gasteiger partial charge is 0.407 e. The van der Waals surface area contributed by atoms with Crippen LogP contribution in [0.4, 0.5) is 4.79 Å². The largest absolute Gasteiger partial charge is 0.463 e. The maximum absolute atomic E-state index is 11.1. The first-order valence-corrected chi connectivity index (χ1v) is 9.58. The molecule has 7 nitrogen and oxygen atoms in total. The molecular weight excluding hydrogens is 358 g/mol. The van der Waals surface area contributed by atoms with Crippen molar-refractivity contribution in [2.45, 2.75) is 45.8 Å². The molecule has 0 unspecified atom stereocenters. The Labute approximate surface area is 166 Å². The fraction of sp³-hybridized carbons (Fsp3) is 0.524. The average molecular weight is 389 g/mol. The molecule has 1 fully saturated rings. The molecule has 28 heavy (non-hydrogen) atoms. The molecule has 1 aromatic heterocycles. The Morgan fingerprint density at radius 1 is 1.36 bits per heavy atom. The molecule has 1 saturated heterocycles. The van der Waals surface area contributed by atoms with Crippen LogP contribution in [0, 0.1) is 0 Å². The minimum atomic E-state index is -0.311. The van der Waals surface area contributed by atoms with E-state index in [1.165, 1.54) is 29.0 Å². The molecular formula is C21H31N3O4. The quantitative estimate of drug-likeness (QED) is 0.742. The number of carbonyl (C=O) groups is 2. The summed E-state index contributed by atoms with van der Waals surface area (Å²) >= 11 is 0. The van der Waals surface area contributed by atoms with Gasteiger partial charge in [0.2, 0.25) is 0 Å². The van der Waals surface area contributed by atoms with Crippen molar-refractivity contribution >= 4 is 23.0 Å². The zero-order chi connectivity index (χ0) is 20.7. The van der Waals surface area contributed by atoms with Gasteiger partial charge in [0, 0.05) is 30.6 Å². The van der Waals surface area contributed by atoms with Crippen LogP contribution in [0.2, 0.25) is 0 Å². The van der Waals surface area contributed by atoms with Crippen molar-refractivity contribution in [3.05, 3.63) is 35.5 Å². The number of alkyl carbamates (subject to hydrolysis) is 1. The van der Waals surface area contributed by atoms with Gasteiger partial charge in [-0.15, -0.1) is 0 Å². The van der Waals surface area contributed by atoms with E-state index in [-0.39, 0.29) is 24.2 Å². The Morgan fingerprint density at radius 3 is 2.64 bits per heavy atom. The maximum Gasteiger partial charge on any atom is 0.407 e. The molecule has 2 N–H and O–H groups in total. The van der Waals surface area contributed by atoms with Crippen LogP contribution < -0.4 is 5.32 Å². The van der Waals surface area contributed by atoms with Gasteiger partial charge < -0.3 is 24.7 Å². The molecule has 7 heteroatoms. The topological polar surface area (TPSA) is 83.7 Å². The number of aromatic amines is 1. The number of rotatable bonds is 6. The van der Waals surface area contributed by atoms with Crippen molar-refractivity contribution in [2.75, 3.05) is 27.2 Å². The van der Waals surface area contributed by atoms with Gasteiger partial charge in [0.25, 0.3) is 0 Å². The lowest BCUT2D eigenvalue weighted by molar-refractivity contribution is -0.144. The van der Waals surface area contributed by atoms with Crippen LogP contribution in [0.5, 0.6) is 0 Å². The third kappa shape index (κ3) is 6.88. The minimum absolute atomic E-state index is 0.0255. The van der Waals surface area contributed by atoms with Crippen LogP contribution in [0.3, 0.4) is 0 Å². The van der Waals surface area contributed by atoms with E-state index in [1.54, 1.807) is 0 Å². The summed E-state index contributed by atoms with van der Waals surface area (Å²) in [5.74, 6) is -0.213. The monoisotopic (exact) mass is 389 g/mol. The summed E-state index contributed by atoms with van der Waals surface area (Å²) in [7, 11) is 4.17. The predicted octanol–water partition coefficient (Wildman–Crippen LogP) is 2.88. The molecule has 1 amide bonds. The van der Waals surface area contributed by atoms with E-state index in [1.807, 2.05) is 13.8 Å². The number of likely N-dealkylation sites (N-methyl/N-ethyl adjacent to an activating group) is 1. The van der Waals surface area contributed by atoms with Gasteiger partial charge in [0.15, 0.2) is 0 Å². The third-order valence-electron chi connectivity index (χ3n) is 4.28. The third-order valence-corrected chi connectivity index (χ3v) is 4.28. The number of nitrogens with zero attached hydrogens (tertiary/aromatic N) is 1. The van der Waals surface area contributed by atoms with Gasteiger partial charge >= 0.3 is 12.1 Å². The van der Waals surface area contributed by atoms with Gasteiger partial charge in [-0.05, 0) is 64.0 Å². The van der Waals surface area contributed by atoms with Gasteiger partial charge in [-0.1, -0.05) is 6.07 Å². The molecule has 1 atom stereocenters. The molecule has 2 heterocycles. The fourth-order valence-corrected chi connectivity index (χ4v) is 3.06. The van der Waals surface area contributed by atoms with Crippen molar-refractivity contribution in [1.82, 2.24) is 15.2 Å². The number of ether oxygens (including phenoxy) is 2. The number of aromatic nitrogens is 1. The van der Waals surface area contributed by atoms with Crippen LogP contribution >= 0.6 is 0 Å². The van der Waals surface area contributed by atoms with E-state index in [2.05, 4.69) is 58.4 Å². The molecule has 0 radical (unpaired) electrons. The van der Waals surface area contributed by atoms with Crippen LogP contribution in [-0.4, -0.2) is 61.3 Å². The van der Waals surface area contributed by atoms with Gasteiger partial charge in [-0.25, -0.2) is 4.79 Å². The van der Waals surface area contributed by atoms with E-state index in [4.69, 9.17) is 4.74 Å². The summed E-state index contributed by atoms with van der Waals surface area (Å²) in [6.45, 7) is 6.53. The molecule has 3 rings (SSSR count). The van der Waals surface area contributed by atoms with Gasteiger partial charge in [0.1, 0.15) is 6.61 Å². The van der Waals surface area contributed by atoms with E-state index in [0.29, 0.717) is 6.61 Å². The number of cyclic esters (lactones) is 1. The zero-order valence-electron chi connectivity index (χ0n) is 17.4. The summed E-state index contributed by atoms with van der Waals surface area (Å²) in [6.07, 6.45) is 3.64. The van der Waals surface area contributed by atoms with Gasteiger partial charge in [-0.3, -0.25) is 4.79 Å². The number of carbonyl (C=O) groups excluding carboxylic acids is 2. The number of amides is 1. The Hall–Kier alpha value is -2.54. The number of hydrogen-bond acceptors (Lipinski definition) is 5. The van der Waals surface area contributed by atoms with E-state index in [9.17, 15) is 9.59 Å². The zero-order valence-corrected chi connectivity index (χ0v) is 17.4. The van der Waals surface area contributed by atoms with Crippen LogP contribution in [-0.2, 0) is 27.1 Å². The first-order valence-electron chi connectivity index (χ1n) is 9.58. The van der Waals surface area contributed by atoms with Crippen molar-refractivity contribution in [3.63, 3.8) is 0 Å². The Bertz CT molecular complexity index is 798. The molecule has 1 aliphatic heterocycles. The van der Waals surface area contributed by atoms with Crippen molar-refractivity contribution < 1.29 is 19.1 Å². The second kappa shape index (κ2) is 10.1. The highest BCUT2D eigenvalue weighted by Gasteiger charge is 2.22. The Morgan fingerprint density at radius 2 is 2.11 bits per heavy atom. The summed E-state index contributed by atoms with van der Waals surface area (Å²) in [6, 6.07) is 6.53. The average Bonchev–Trinajstić information content (AvgIpc) is 3.18. The van der Waals surface area contributed by atoms with Gasteiger partial charge in [-0.2, -0.15) is 0 Å². The summed E-state index contributed by atoms with van der Waals surface area (Å²) in [5, 5.41) is 4.10. The molecule has 154 valence electrons. The second-order valence-electron chi connectivity index (χ2n) is 7.55. The predicted molar refractivity (Wildman–Crippen MR) is 109 cm³/mol. The first-order chi connectivity index (χ1) is 13.2. The Kier molecular flexibility index (Phi) is 7.87. The summed E-state index contributed by atoms with van der Waals surface area (Å²) in [4.78, 5) is 26.6.